The number of hydrogen-bond acceptors (Lipinski definition) is 2. The summed E-state index contributed by atoms with van der Waals surface area (Å²) in [7, 11) is 3.46. The summed E-state index contributed by atoms with van der Waals surface area (Å²) in [6.07, 6.45) is 0. The third kappa shape index (κ3) is 1.70. The fraction of sp³-hybridized carbons (Fsp3) is 0.188. The summed E-state index contributed by atoms with van der Waals surface area (Å²) in [4.78, 5) is 11.9. The van der Waals surface area contributed by atoms with Crippen molar-refractivity contribution in [2.24, 2.45) is 7.05 Å². The van der Waals surface area contributed by atoms with E-state index in [4.69, 9.17) is 4.74 Å². The predicted octanol–water partition coefficient (Wildman–Crippen LogP) is 3.01. The number of aromatic nitrogens is 1. The number of nitrogens with zero attached hydrogens (tertiary/aromatic N) is 1. The van der Waals surface area contributed by atoms with Gasteiger partial charge >= 0.3 is 0 Å². The number of pyridine rings is 1. The van der Waals surface area contributed by atoms with Crippen LogP contribution in [0.5, 0.6) is 5.75 Å². The molecule has 3 aromatic rings. The third-order valence-corrected chi connectivity index (χ3v) is 3.63. The molecule has 3 nitrogen and oxygen atoms in total. The Hall–Kier alpha value is -2.29. The zero-order valence-electron chi connectivity index (χ0n) is 11.2. The van der Waals surface area contributed by atoms with E-state index in [0.29, 0.717) is 0 Å². The second-order valence-electron chi connectivity index (χ2n) is 4.77. The number of fused-ring (bicyclic) bond motifs is 3. The first-order valence-corrected chi connectivity index (χ1v) is 6.19. The highest BCUT2D eigenvalue weighted by Gasteiger charge is 2.08. The molecule has 3 rings (SSSR count). The van der Waals surface area contributed by atoms with Crippen molar-refractivity contribution < 1.29 is 4.74 Å². The smallest absolute Gasteiger partial charge is 0.251 e. The molecule has 0 N–H and O–H groups in total. The highest BCUT2D eigenvalue weighted by molar-refractivity contribution is 6.08. The molecule has 2 aromatic carbocycles. The highest BCUT2D eigenvalue weighted by atomic mass is 16.5. The standard InChI is InChI=1S/C16H15NO2/c1-10-8-15(18)17(2)14-7-5-11-4-6-12(19-3)9-13(11)16(10)14/h4-9H,1-3H3. The number of rotatable bonds is 1. The van der Waals surface area contributed by atoms with Gasteiger partial charge in [-0.25, -0.2) is 0 Å². The van der Waals surface area contributed by atoms with Gasteiger partial charge in [0, 0.05) is 18.5 Å². The molecule has 0 aliphatic carbocycles. The summed E-state index contributed by atoms with van der Waals surface area (Å²) < 4.78 is 6.98. The molecule has 3 heteroatoms. The second-order valence-corrected chi connectivity index (χ2v) is 4.77. The number of hydrogen-bond donors (Lipinski definition) is 0. The molecule has 0 spiro atoms. The van der Waals surface area contributed by atoms with Gasteiger partial charge in [0.25, 0.3) is 5.56 Å². The van der Waals surface area contributed by atoms with E-state index < -0.39 is 0 Å². The van der Waals surface area contributed by atoms with Gasteiger partial charge in [-0.1, -0.05) is 12.1 Å². The van der Waals surface area contributed by atoms with E-state index in [-0.39, 0.29) is 5.56 Å². The lowest BCUT2D eigenvalue weighted by Gasteiger charge is -2.11. The molecule has 0 amide bonds. The topological polar surface area (TPSA) is 31.2 Å². The van der Waals surface area contributed by atoms with Crippen LogP contribution in [0, 0.1) is 6.92 Å². The monoisotopic (exact) mass is 253 g/mol. The molecule has 1 heterocycles. The van der Waals surface area contributed by atoms with Crippen molar-refractivity contribution in [3.05, 3.63) is 52.3 Å². The summed E-state index contributed by atoms with van der Waals surface area (Å²) in [6.45, 7) is 1.97. The molecule has 19 heavy (non-hydrogen) atoms. The maximum atomic E-state index is 11.9. The van der Waals surface area contributed by atoms with E-state index in [1.165, 1.54) is 0 Å². The minimum absolute atomic E-state index is 0.0206. The average Bonchev–Trinajstić information content (AvgIpc) is 2.43. The number of methoxy groups -OCH3 is 1. The van der Waals surface area contributed by atoms with Crippen LogP contribution >= 0.6 is 0 Å². The Morgan fingerprint density at radius 1 is 1.11 bits per heavy atom. The Kier molecular flexibility index (Phi) is 2.56. The molecule has 1 aromatic heterocycles. The summed E-state index contributed by atoms with van der Waals surface area (Å²) in [5, 5.41) is 3.37. The fourth-order valence-electron chi connectivity index (χ4n) is 2.58. The lowest BCUT2D eigenvalue weighted by molar-refractivity contribution is 0.415. The largest absolute Gasteiger partial charge is 0.497 e. The predicted molar refractivity (Wildman–Crippen MR) is 78.0 cm³/mol. The van der Waals surface area contributed by atoms with Crippen molar-refractivity contribution in [3.8, 4) is 5.75 Å². The van der Waals surface area contributed by atoms with Crippen molar-refractivity contribution in [2.45, 2.75) is 6.92 Å². The molecule has 0 unspecified atom stereocenters. The van der Waals surface area contributed by atoms with Gasteiger partial charge < -0.3 is 9.30 Å². The average molecular weight is 253 g/mol. The van der Waals surface area contributed by atoms with Crippen molar-refractivity contribution in [1.29, 1.82) is 0 Å². The van der Waals surface area contributed by atoms with Crippen molar-refractivity contribution in [3.63, 3.8) is 0 Å². The molecule has 0 saturated carbocycles. The van der Waals surface area contributed by atoms with Gasteiger partial charge in [0.05, 0.1) is 12.6 Å². The van der Waals surface area contributed by atoms with E-state index in [1.807, 2.05) is 37.3 Å². The first kappa shape index (κ1) is 11.8. The van der Waals surface area contributed by atoms with Gasteiger partial charge in [-0.2, -0.15) is 0 Å². The summed E-state index contributed by atoms with van der Waals surface area (Å²) in [5.74, 6) is 0.827. The Morgan fingerprint density at radius 3 is 2.58 bits per heavy atom. The van der Waals surface area contributed by atoms with Crippen LogP contribution in [0.25, 0.3) is 21.7 Å². The molecule has 0 radical (unpaired) electrons. The van der Waals surface area contributed by atoms with Crippen LogP contribution in [0.2, 0.25) is 0 Å². The van der Waals surface area contributed by atoms with Crippen LogP contribution in [0.15, 0.2) is 41.2 Å². The van der Waals surface area contributed by atoms with Crippen molar-refractivity contribution in [1.82, 2.24) is 4.57 Å². The summed E-state index contributed by atoms with van der Waals surface area (Å²) in [6, 6.07) is 11.7. The molecule has 0 fully saturated rings. The molecule has 0 aliphatic heterocycles. The van der Waals surface area contributed by atoms with Crippen LogP contribution in [0.3, 0.4) is 0 Å². The summed E-state index contributed by atoms with van der Waals surface area (Å²) in [5.41, 5.74) is 1.97. The minimum Gasteiger partial charge on any atom is -0.497 e. The van der Waals surface area contributed by atoms with Crippen molar-refractivity contribution >= 4 is 21.7 Å². The van der Waals surface area contributed by atoms with Gasteiger partial charge in [0.15, 0.2) is 0 Å². The van der Waals surface area contributed by atoms with Crippen LogP contribution in [-0.2, 0) is 7.05 Å². The van der Waals surface area contributed by atoms with Crippen LogP contribution < -0.4 is 10.3 Å². The Morgan fingerprint density at radius 2 is 1.84 bits per heavy atom. The molecule has 0 atom stereocenters. The normalized spacial score (nSPS) is 11.1. The van der Waals surface area contributed by atoms with Crippen LogP contribution in [0.4, 0.5) is 0 Å². The summed E-state index contributed by atoms with van der Waals surface area (Å²) >= 11 is 0. The number of benzene rings is 2. The van der Waals surface area contributed by atoms with Crippen LogP contribution in [0.1, 0.15) is 5.56 Å². The maximum Gasteiger partial charge on any atom is 0.251 e. The van der Waals surface area contributed by atoms with E-state index in [2.05, 4.69) is 0 Å². The number of aryl methyl sites for hydroxylation is 2. The van der Waals surface area contributed by atoms with Gasteiger partial charge in [0.2, 0.25) is 0 Å². The van der Waals surface area contributed by atoms with E-state index >= 15 is 0 Å². The zero-order chi connectivity index (χ0) is 13.6. The number of ether oxygens (including phenoxy) is 1. The first-order chi connectivity index (χ1) is 9.11. The molecular weight excluding hydrogens is 238 g/mol. The Bertz CT molecular complexity index is 847. The molecular formula is C16H15NO2. The Labute approximate surface area is 111 Å². The lowest BCUT2D eigenvalue weighted by atomic mass is 10.0. The Balaban J connectivity index is 2.58. The van der Waals surface area contributed by atoms with Crippen LogP contribution in [-0.4, -0.2) is 11.7 Å². The van der Waals surface area contributed by atoms with E-state index in [9.17, 15) is 4.79 Å². The molecule has 0 bridgehead atoms. The van der Waals surface area contributed by atoms with Gasteiger partial charge in [-0.05, 0) is 41.5 Å². The lowest BCUT2D eigenvalue weighted by Crippen LogP contribution is -2.16. The zero-order valence-corrected chi connectivity index (χ0v) is 11.2. The van der Waals surface area contributed by atoms with Gasteiger partial charge in [-0.3, -0.25) is 4.79 Å². The minimum atomic E-state index is 0.0206. The molecule has 96 valence electrons. The molecule has 0 aliphatic rings. The second kappa shape index (κ2) is 4.12. The van der Waals surface area contributed by atoms with Gasteiger partial charge in [-0.15, -0.1) is 0 Å². The highest BCUT2D eigenvalue weighted by Crippen LogP contribution is 2.29. The van der Waals surface area contributed by atoms with Gasteiger partial charge in [0.1, 0.15) is 5.75 Å². The molecule has 0 saturated heterocycles. The maximum absolute atomic E-state index is 11.9. The SMILES string of the molecule is COc1ccc2ccc3c(c(C)cc(=O)n3C)c2c1. The first-order valence-electron chi connectivity index (χ1n) is 6.19. The van der Waals surface area contributed by atoms with E-state index in [0.717, 1.165) is 33.0 Å². The van der Waals surface area contributed by atoms with Crippen molar-refractivity contribution in [2.75, 3.05) is 7.11 Å². The third-order valence-electron chi connectivity index (χ3n) is 3.63. The quantitative estimate of drug-likeness (QED) is 0.624. The van der Waals surface area contributed by atoms with E-state index in [1.54, 1.807) is 24.8 Å². The fourth-order valence-corrected chi connectivity index (χ4v) is 2.58.